The molecule has 1 aliphatic carbocycles. The Hall–Kier alpha value is -1.48. The number of benzene rings is 1. The van der Waals surface area contributed by atoms with Gasteiger partial charge in [0.1, 0.15) is 5.75 Å². The van der Waals surface area contributed by atoms with Crippen LogP contribution in [0.4, 0.5) is 0 Å². The Bertz CT molecular complexity index is 570. The number of hydrogen-bond donors (Lipinski definition) is 2. The maximum absolute atomic E-state index is 11.0. The Balaban J connectivity index is 2.32. The average Bonchev–Trinajstić information content (AvgIpc) is 3.18. The van der Waals surface area contributed by atoms with Gasteiger partial charge in [-0.1, -0.05) is 6.07 Å². The van der Waals surface area contributed by atoms with Crippen LogP contribution in [0.15, 0.2) is 18.2 Å². The van der Waals surface area contributed by atoms with Crippen molar-refractivity contribution in [3.8, 4) is 5.75 Å². The largest absolute Gasteiger partial charge is 0.750 e. The lowest BCUT2D eigenvalue weighted by Gasteiger charge is -2.28. The second-order valence-electron chi connectivity index (χ2n) is 5.16. The summed E-state index contributed by atoms with van der Waals surface area (Å²) in [6.07, 6.45) is 2.13. The lowest BCUT2D eigenvalue weighted by atomic mass is 10.0. The van der Waals surface area contributed by atoms with Gasteiger partial charge in [0.05, 0.1) is 23.5 Å². The Kier molecular flexibility index (Phi) is 4.62. The summed E-state index contributed by atoms with van der Waals surface area (Å²) in [5.41, 5.74) is 4.52. The first kappa shape index (κ1) is 15.9. The predicted octanol–water partition coefficient (Wildman–Crippen LogP) is 1.12. The maximum Gasteiger partial charge on any atom is 0.335 e. The third kappa shape index (κ3) is 4.24. The van der Waals surface area contributed by atoms with E-state index in [1.165, 1.54) is 25.1 Å². The number of ether oxygens (including phenoxy) is 1. The van der Waals surface area contributed by atoms with Crippen LogP contribution in [-0.2, 0) is 21.3 Å². The van der Waals surface area contributed by atoms with Gasteiger partial charge in [-0.25, -0.2) is 9.00 Å². The highest BCUT2D eigenvalue weighted by molar-refractivity contribution is 7.74. The zero-order valence-corrected chi connectivity index (χ0v) is 12.2. The molecule has 3 N–H and O–H groups in total. The first-order valence-electron chi connectivity index (χ1n) is 6.38. The van der Waals surface area contributed by atoms with Crippen molar-refractivity contribution in [3.05, 3.63) is 29.3 Å². The van der Waals surface area contributed by atoms with E-state index in [1.807, 2.05) is 0 Å². The number of rotatable bonds is 7. The van der Waals surface area contributed by atoms with Crippen molar-refractivity contribution < 1.29 is 27.6 Å². The molecule has 8 heteroatoms. The molecule has 1 fully saturated rings. The molecule has 2 unspecified atom stereocenters. The molecule has 1 aromatic rings. The summed E-state index contributed by atoms with van der Waals surface area (Å²) in [6.45, 7) is 1.80. The topological polar surface area (TPSA) is 122 Å². The highest BCUT2D eigenvalue weighted by atomic mass is 32.2. The van der Waals surface area contributed by atoms with Crippen molar-refractivity contribution in [2.24, 2.45) is 11.7 Å². The zero-order valence-electron chi connectivity index (χ0n) is 11.4. The van der Waals surface area contributed by atoms with E-state index in [4.69, 9.17) is 15.6 Å². The predicted molar refractivity (Wildman–Crippen MR) is 73.2 cm³/mol. The summed E-state index contributed by atoms with van der Waals surface area (Å²) >= 11 is -2.81. The lowest BCUT2D eigenvalue weighted by molar-refractivity contribution is 0.0693. The zero-order chi connectivity index (χ0) is 15.6. The van der Waals surface area contributed by atoms with E-state index in [-0.39, 0.29) is 16.9 Å². The van der Waals surface area contributed by atoms with Gasteiger partial charge in [-0.05, 0) is 37.8 Å². The summed E-state index contributed by atoms with van der Waals surface area (Å²) in [7, 11) is 0. The van der Waals surface area contributed by atoms with Crippen molar-refractivity contribution >= 4 is 17.3 Å². The number of nitrogens with two attached hydrogens (primary N) is 1. The minimum absolute atomic E-state index is 0.0311. The van der Waals surface area contributed by atoms with E-state index in [0.29, 0.717) is 12.5 Å². The summed E-state index contributed by atoms with van der Waals surface area (Å²) in [4.78, 5) is 11.0. The molecule has 1 aromatic carbocycles. The average molecular weight is 314 g/mol. The first-order chi connectivity index (χ1) is 9.79. The normalized spacial score (nSPS) is 18.8. The Morgan fingerprint density at radius 2 is 2.24 bits per heavy atom. The first-order valence-corrected chi connectivity index (χ1v) is 7.38. The third-order valence-corrected chi connectivity index (χ3v) is 3.66. The van der Waals surface area contributed by atoms with Crippen LogP contribution in [0.25, 0.3) is 0 Å². The van der Waals surface area contributed by atoms with Crippen molar-refractivity contribution in [1.82, 2.24) is 0 Å². The highest BCUT2D eigenvalue weighted by Crippen LogP contribution is 2.34. The SMILES string of the molecule is CC(N)(OS(=O)[O-])c1ccc(C(=O)O)cc1OCC1CC1. The van der Waals surface area contributed by atoms with Gasteiger partial charge in [0, 0.05) is 5.56 Å². The minimum atomic E-state index is -2.81. The molecule has 0 amide bonds. The van der Waals surface area contributed by atoms with Gasteiger partial charge in [-0.15, -0.1) is 0 Å². The van der Waals surface area contributed by atoms with E-state index in [9.17, 15) is 13.6 Å². The molecule has 1 saturated carbocycles. The monoisotopic (exact) mass is 314 g/mol. The number of hydrogen-bond acceptors (Lipinski definition) is 6. The molecular weight excluding hydrogens is 298 g/mol. The van der Waals surface area contributed by atoms with Crippen LogP contribution in [-0.4, -0.2) is 26.4 Å². The van der Waals surface area contributed by atoms with Crippen LogP contribution >= 0.6 is 0 Å². The van der Waals surface area contributed by atoms with E-state index in [0.717, 1.165) is 12.8 Å². The Morgan fingerprint density at radius 1 is 1.57 bits per heavy atom. The van der Waals surface area contributed by atoms with Crippen molar-refractivity contribution in [2.45, 2.75) is 25.5 Å². The molecule has 0 heterocycles. The van der Waals surface area contributed by atoms with E-state index < -0.39 is 23.1 Å². The summed E-state index contributed by atoms with van der Waals surface area (Å²) in [6, 6.07) is 4.05. The number of aromatic carboxylic acids is 1. The molecule has 2 rings (SSSR count). The van der Waals surface area contributed by atoms with Gasteiger partial charge < -0.3 is 14.4 Å². The molecule has 1 aliphatic rings. The smallest absolute Gasteiger partial charge is 0.335 e. The number of carboxylic acids is 1. The fourth-order valence-electron chi connectivity index (χ4n) is 1.86. The molecule has 116 valence electrons. The summed E-state index contributed by atoms with van der Waals surface area (Å²) < 4.78 is 31.7. The molecule has 7 nitrogen and oxygen atoms in total. The van der Waals surface area contributed by atoms with Crippen LogP contribution in [0.3, 0.4) is 0 Å². The number of carboxylic acid groups (broad SMARTS) is 1. The summed E-state index contributed by atoms with van der Waals surface area (Å²) in [5, 5.41) is 9.02. The minimum Gasteiger partial charge on any atom is -0.750 e. The second-order valence-corrected chi connectivity index (χ2v) is 5.74. The maximum atomic E-state index is 11.0. The molecule has 0 bridgehead atoms. The molecule has 21 heavy (non-hydrogen) atoms. The number of carbonyl (C=O) groups is 1. The standard InChI is InChI=1S/C13H17NO6S/c1-13(14,20-21(17)18)10-5-4-9(12(15)16)6-11(10)19-7-8-2-3-8/h4-6,8H,2-3,7,14H2,1H3,(H,15,16)(H,17,18)/p-1. The van der Waals surface area contributed by atoms with Gasteiger partial charge >= 0.3 is 5.97 Å². The van der Waals surface area contributed by atoms with E-state index >= 15 is 0 Å². The van der Waals surface area contributed by atoms with E-state index in [2.05, 4.69) is 4.18 Å². The highest BCUT2D eigenvalue weighted by Gasteiger charge is 2.29. The van der Waals surface area contributed by atoms with Gasteiger partial charge in [-0.2, -0.15) is 0 Å². The molecule has 2 atom stereocenters. The third-order valence-electron chi connectivity index (χ3n) is 3.18. The lowest BCUT2D eigenvalue weighted by Crippen LogP contribution is -2.37. The fourth-order valence-corrected chi connectivity index (χ4v) is 2.24. The van der Waals surface area contributed by atoms with Gasteiger partial charge in [0.25, 0.3) is 0 Å². The molecule has 0 saturated heterocycles. The van der Waals surface area contributed by atoms with Crippen molar-refractivity contribution in [1.29, 1.82) is 0 Å². The van der Waals surface area contributed by atoms with Crippen LogP contribution in [0.5, 0.6) is 5.75 Å². The van der Waals surface area contributed by atoms with Gasteiger partial charge in [0.2, 0.25) is 0 Å². The van der Waals surface area contributed by atoms with Crippen LogP contribution in [0.1, 0.15) is 35.7 Å². The molecule has 0 spiro atoms. The quantitative estimate of drug-likeness (QED) is 0.571. The van der Waals surface area contributed by atoms with E-state index in [1.54, 1.807) is 0 Å². The molecule has 0 aliphatic heterocycles. The van der Waals surface area contributed by atoms with Gasteiger partial charge in [-0.3, -0.25) is 9.92 Å². The second kappa shape index (κ2) is 6.10. The molecule has 0 radical (unpaired) electrons. The van der Waals surface area contributed by atoms with Crippen LogP contribution in [0.2, 0.25) is 0 Å². The van der Waals surface area contributed by atoms with Crippen LogP contribution in [0, 0.1) is 5.92 Å². The molecular formula is C13H16NO6S-. The van der Waals surface area contributed by atoms with Gasteiger partial charge in [0.15, 0.2) is 5.72 Å². The molecule has 0 aromatic heterocycles. The van der Waals surface area contributed by atoms with Crippen molar-refractivity contribution in [3.63, 3.8) is 0 Å². The fraction of sp³-hybridized carbons (Fsp3) is 0.462. The Morgan fingerprint density at radius 3 is 2.76 bits per heavy atom. The van der Waals surface area contributed by atoms with Crippen molar-refractivity contribution in [2.75, 3.05) is 6.61 Å². The Labute approximate surface area is 124 Å². The van der Waals surface area contributed by atoms with Crippen LogP contribution < -0.4 is 10.5 Å². The summed E-state index contributed by atoms with van der Waals surface area (Å²) in [5.74, 6) is -0.438.